The molecule has 148 valence electrons. The molecule has 0 spiro atoms. The molecular formula is C19H25N7O2. The third kappa shape index (κ3) is 2.95. The van der Waals surface area contributed by atoms with Crippen LogP contribution in [0.5, 0.6) is 0 Å². The molecule has 9 nitrogen and oxygen atoms in total. The second-order valence-electron chi connectivity index (χ2n) is 7.70. The minimum absolute atomic E-state index is 0.684. The van der Waals surface area contributed by atoms with E-state index in [1.807, 2.05) is 6.07 Å². The van der Waals surface area contributed by atoms with Gasteiger partial charge in [0.2, 0.25) is 0 Å². The number of hydrogen-bond acceptors (Lipinski definition) is 7. The minimum atomic E-state index is -0.878. The van der Waals surface area contributed by atoms with E-state index in [-0.39, 0.29) is 0 Å². The summed E-state index contributed by atoms with van der Waals surface area (Å²) in [5.41, 5.74) is 0.768. The van der Waals surface area contributed by atoms with Gasteiger partial charge in [0.1, 0.15) is 5.82 Å². The lowest BCUT2D eigenvalue weighted by Gasteiger charge is -2.38. The van der Waals surface area contributed by atoms with Gasteiger partial charge in [0.15, 0.2) is 11.5 Å². The standard InChI is InChI=1S/C19H25N7O2/c1-24-6-3-19(27,4-7-24)15-12-17(25-8-10-28-11-9-25)22-18-14(15)13-21-26(18)16-2-5-20-23-16/h2,5,12-13,27H,3-4,6-11H2,1H3,(H,20,23). The van der Waals surface area contributed by atoms with Crippen LogP contribution in [0.4, 0.5) is 5.82 Å². The molecule has 2 N–H and O–H groups in total. The van der Waals surface area contributed by atoms with Gasteiger partial charge in [-0.3, -0.25) is 5.10 Å². The van der Waals surface area contributed by atoms with Gasteiger partial charge in [-0.15, -0.1) is 0 Å². The van der Waals surface area contributed by atoms with Crippen LogP contribution in [0.1, 0.15) is 18.4 Å². The summed E-state index contributed by atoms with van der Waals surface area (Å²) in [6, 6.07) is 3.91. The number of nitrogens with one attached hydrogen (secondary N) is 1. The van der Waals surface area contributed by atoms with Gasteiger partial charge in [0.05, 0.1) is 31.2 Å². The highest BCUT2D eigenvalue weighted by molar-refractivity contribution is 5.83. The highest BCUT2D eigenvalue weighted by Gasteiger charge is 2.36. The number of piperidine rings is 1. The monoisotopic (exact) mass is 383 g/mol. The number of rotatable bonds is 3. The molecule has 3 aromatic rings. The molecule has 0 amide bonds. The molecule has 3 aromatic heterocycles. The quantitative estimate of drug-likeness (QED) is 0.694. The number of aliphatic hydroxyl groups is 1. The number of aromatic nitrogens is 5. The molecule has 0 unspecified atom stereocenters. The molecule has 28 heavy (non-hydrogen) atoms. The summed E-state index contributed by atoms with van der Waals surface area (Å²) in [6.45, 7) is 4.67. The minimum Gasteiger partial charge on any atom is -0.385 e. The fourth-order valence-electron chi connectivity index (χ4n) is 4.13. The Labute approximate surface area is 162 Å². The van der Waals surface area contributed by atoms with E-state index >= 15 is 0 Å². The molecule has 2 aliphatic rings. The molecule has 0 aliphatic carbocycles. The number of pyridine rings is 1. The van der Waals surface area contributed by atoms with Crippen LogP contribution >= 0.6 is 0 Å². The smallest absolute Gasteiger partial charge is 0.167 e. The van der Waals surface area contributed by atoms with Crippen molar-refractivity contribution < 1.29 is 9.84 Å². The van der Waals surface area contributed by atoms with Crippen molar-refractivity contribution in [3.63, 3.8) is 0 Å². The molecule has 5 rings (SSSR count). The third-order valence-electron chi connectivity index (χ3n) is 5.89. The molecule has 9 heteroatoms. The average molecular weight is 383 g/mol. The van der Waals surface area contributed by atoms with Gasteiger partial charge in [-0.2, -0.15) is 14.9 Å². The predicted molar refractivity (Wildman–Crippen MR) is 105 cm³/mol. The van der Waals surface area contributed by atoms with Gasteiger partial charge < -0.3 is 19.6 Å². The van der Waals surface area contributed by atoms with Crippen molar-refractivity contribution in [1.82, 2.24) is 29.9 Å². The first-order chi connectivity index (χ1) is 13.6. The molecule has 5 heterocycles. The summed E-state index contributed by atoms with van der Waals surface area (Å²) < 4.78 is 7.26. The Hall–Kier alpha value is -2.49. The van der Waals surface area contributed by atoms with E-state index in [9.17, 15) is 5.11 Å². The number of nitrogens with zero attached hydrogens (tertiary/aromatic N) is 6. The van der Waals surface area contributed by atoms with E-state index in [0.717, 1.165) is 54.4 Å². The Bertz CT molecular complexity index is 954. The van der Waals surface area contributed by atoms with Crippen molar-refractivity contribution in [1.29, 1.82) is 0 Å². The molecule has 2 fully saturated rings. The van der Waals surface area contributed by atoms with E-state index in [4.69, 9.17) is 9.72 Å². The third-order valence-corrected chi connectivity index (χ3v) is 5.89. The van der Waals surface area contributed by atoms with Crippen molar-refractivity contribution >= 4 is 16.9 Å². The van der Waals surface area contributed by atoms with Gasteiger partial charge >= 0.3 is 0 Å². The Morgan fingerprint density at radius 1 is 1.18 bits per heavy atom. The average Bonchev–Trinajstić information content (AvgIpc) is 3.39. The fraction of sp³-hybridized carbons (Fsp3) is 0.526. The maximum Gasteiger partial charge on any atom is 0.167 e. The summed E-state index contributed by atoms with van der Waals surface area (Å²) in [5.74, 6) is 1.61. The first kappa shape index (κ1) is 17.6. The number of likely N-dealkylation sites (tertiary alicyclic amines) is 1. The van der Waals surface area contributed by atoms with Gasteiger partial charge in [0, 0.05) is 37.6 Å². The fourth-order valence-corrected chi connectivity index (χ4v) is 4.13. The second-order valence-corrected chi connectivity index (χ2v) is 7.70. The van der Waals surface area contributed by atoms with Crippen LogP contribution in [0.3, 0.4) is 0 Å². The molecule has 0 saturated carbocycles. The van der Waals surface area contributed by atoms with Crippen molar-refractivity contribution in [2.24, 2.45) is 0 Å². The zero-order chi connectivity index (χ0) is 19.1. The summed E-state index contributed by atoms with van der Waals surface area (Å²) in [7, 11) is 2.09. The summed E-state index contributed by atoms with van der Waals surface area (Å²) in [5, 5.41) is 24.0. The summed E-state index contributed by atoms with van der Waals surface area (Å²) >= 11 is 0. The zero-order valence-corrected chi connectivity index (χ0v) is 16.0. The molecule has 2 aliphatic heterocycles. The molecular weight excluding hydrogens is 358 g/mol. The van der Waals surface area contributed by atoms with Crippen LogP contribution in [0, 0.1) is 0 Å². The van der Waals surface area contributed by atoms with Crippen LogP contribution in [-0.4, -0.2) is 81.4 Å². The van der Waals surface area contributed by atoms with Crippen LogP contribution < -0.4 is 4.90 Å². The zero-order valence-electron chi connectivity index (χ0n) is 16.0. The normalized spacial score (nSPS) is 20.7. The van der Waals surface area contributed by atoms with Gasteiger partial charge in [0.25, 0.3) is 0 Å². The maximum atomic E-state index is 11.6. The summed E-state index contributed by atoms with van der Waals surface area (Å²) in [6.07, 6.45) is 4.89. The van der Waals surface area contributed by atoms with E-state index < -0.39 is 5.60 Å². The topological polar surface area (TPSA) is 95.3 Å². The highest BCUT2D eigenvalue weighted by atomic mass is 16.5. The highest BCUT2D eigenvalue weighted by Crippen LogP contribution is 2.38. The van der Waals surface area contributed by atoms with E-state index in [2.05, 4.69) is 38.2 Å². The number of ether oxygens (including phenoxy) is 1. The lowest BCUT2D eigenvalue weighted by Crippen LogP contribution is -2.41. The van der Waals surface area contributed by atoms with Crippen LogP contribution in [-0.2, 0) is 10.3 Å². The van der Waals surface area contributed by atoms with E-state index in [0.29, 0.717) is 26.1 Å². The first-order valence-corrected chi connectivity index (χ1v) is 9.77. The Morgan fingerprint density at radius 3 is 2.68 bits per heavy atom. The Balaban J connectivity index is 1.67. The number of H-pyrrole nitrogens is 1. The van der Waals surface area contributed by atoms with Crippen molar-refractivity contribution in [3.05, 3.63) is 30.1 Å². The molecule has 0 aromatic carbocycles. The van der Waals surface area contributed by atoms with Crippen LogP contribution in [0.15, 0.2) is 24.5 Å². The summed E-state index contributed by atoms with van der Waals surface area (Å²) in [4.78, 5) is 9.39. The molecule has 2 saturated heterocycles. The number of morpholine rings is 1. The number of fused-ring (bicyclic) bond motifs is 1. The largest absolute Gasteiger partial charge is 0.385 e. The van der Waals surface area contributed by atoms with Crippen molar-refractivity contribution in [2.45, 2.75) is 18.4 Å². The van der Waals surface area contributed by atoms with Crippen LogP contribution in [0.25, 0.3) is 16.9 Å². The van der Waals surface area contributed by atoms with Gasteiger partial charge in [-0.25, -0.2) is 4.98 Å². The van der Waals surface area contributed by atoms with Gasteiger partial charge in [-0.1, -0.05) is 0 Å². The Morgan fingerprint density at radius 2 is 1.96 bits per heavy atom. The van der Waals surface area contributed by atoms with E-state index in [1.165, 1.54) is 0 Å². The van der Waals surface area contributed by atoms with Crippen molar-refractivity contribution in [3.8, 4) is 5.82 Å². The number of anilines is 1. The molecule has 0 atom stereocenters. The first-order valence-electron chi connectivity index (χ1n) is 9.77. The lowest BCUT2D eigenvalue weighted by molar-refractivity contribution is -0.0191. The predicted octanol–water partition coefficient (Wildman–Crippen LogP) is 0.893. The Kier molecular flexibility index (Phi) is 4.30. The second kappa shape index (κ2) is 6.84. The maximum absolute atomic E-state index is 11.6. The van der Waals surface area contributed by atoms with Crippen molar-refractivity contribution in [2.75, 3.05) is 51.3 Å². The number of aromatic amines is 1. The van der Waals surface area contributed by atoms with Crippen LogP contribution in [0.2, 0.25) is 0 Å². The molecule has 0 radical (unpaired) electrons. The lowest BCUT2D eigenvalue weighted by atomic mass is 9.83. The van der Waals surface area contributed by atoms with E-state index in [1.54, 1.807) is 17.1 Å². The molecule has 0 bridgehead atoms. The van der Waals surface area contributed by atoms with Gasteiger partial charge in [-0.05, 0) is 31.5 Å². The number of hydrogen-bond donors (Lipinski definition) is 2. The SMILES string of the molecule is CN1CCC(O)(c2cc(N3CCOCC3)nc3c2cnn3-c2ccn[nH]2)CC1.